The molecule has 0 fully saturated rings. The summed E-state index contributed by atoms with van der Waals surface area (Å²) in [6.07, 6.45) is 1.38. The lowest BCUT2D eigenvalue weighted by atomic mass is 10.6. The Labute approximate surface area is 56.5 Å². The van der Waals surface area contributed by atoms with Gasteiger partial charge in [-0.2, -0.15) is 0 Å². The standard InChI is InChI=1S/C4H4N2O2S/c7-4(9)5-3-1-2-8-6-3/h1-2H,(H2,5,6,7,9). The highest BCUT2D eigenvalue weighted by Crippen LogP contribution is 1.99. The van der Waals surface area contributed by atoms with Crippen molar-refractivity contribution in [1.29, 1.82) is 0 Å². The van der Waals surface area contributed by atoms with Crippen LogP contribution in [0.1, 0.15) is 0 Å². The smallest absolute Gasteiger partial charge is 0.259 e. The average Bonchev–Trinajstić information content (AvgIpc) is 2.15. The molecule has 0 amide bonds. The number of aliphatic hydroxyl groups is 1. The highest BCUT2D eigenvalue weighted by molar-refractivity contribution is 7.80. The fraction of sp³-hybridized carbons (Fsp3) is 0. The summed E-state index contributed by atoms with van der Waals surface area (Å²) < 4.78 is 4.43. The van der Waals surface area contributed by atoms with E-state index in [0.29, 0.717) is 5.82 Å². The Kier molecular flexibility index (Phi) is 1.64. The van der Waals surface area contributed by atoms with E-state index in [2.05, 4.69) is 27.2 Å². The maximum Gasteiger partial charge on any atom is 0.259 e. The lowest BCUT2D eigenvalue weighted by Gasteiger charge is -1.91. The van der Waals surface area contributed by atoms with Crippen LogP contribution in [0.2, 0.25) is 0 Å². The van der Waals surface area contributed by atoms with E-state index < -0.39 is 0 Å². The number of aromatic nitrogens is 1. The van der Waals surface area contributed by atoms with Crippen LogP contribution in [0.15, 0.2) is 16.9 Å². The Bertz CT molecular complexity index is 196. The zero-order valence-corrected chi connectivity index (χ0v) is 5.18. The van der Waals surface area contributed by atoms with E-state index in [-0.39, 0.29) is 5.17 Å². The molecule has 9 heavy (non-hydrogen) atoms. The van der Waals surface area contributed by atoms with Crippen molar-refractivity contribution in [3.63, 3.8) is 0 Å². The molecule has 0 saturated heterocycles. The lowest BCUT2D eigenvalue weighted by Crippen LogP contribution is -2.06. The predicted molar refractivity (Wildman–Crippen MR) is 35.4 cm³/mol. The van der Waals surface area contributed by atoms with E-state index in [4.69, 9.17) is 5.11 Å². The van der Waals surface area contributed by atoms with Crippen molar-refractivity contribution in [2.45, 2.75) is 0 Å². The normalized spacial score (nSPS) is 8.89. The minimum absolute atomic E-state index is 0.316. The topological polar surface area (TPSA) is 58.3 Å². The molecule has 0 atom stereocenters. The van der Waals surface area contributed by atoms with Crippen LogP contribution in [0, 0.1) is 0 Å². The second-order valence-electron chi connectivity index (χ2n) is 1.31. The van der Waals surface area contributed by atoms with Crippen LogP contribution in [0.5, 0.6) is 0 Å². The zero-order valence-electron chi connectivity index (χ0n) is 4.37. The van der Waals surface area contributed by atoms with Gasteiger partial charge in [0.05, 0.1) is 0 Å². The van der Waals surface area contributed by atoms with Gasteiger partial charge in [0, 0.05) is 6.07 Å². The average molecular weight is 144 g/mol. The maximum absolute atomic E-state index is 8.46. The Morgan fingerprint density at radius 2 is 2.67 bits per heavy atom. The predicted octanol–water partition coefficient (Wildman–Crippen LogP) is 0.929. The minimum atomic E-state index is -0.316. The van der Waals surface area contributed by atoms with Crippen molar-refractivity contribution in [3.8, 4) is 0 Å². The number of nitrogens with zero attached hydrogens (tertiary/aromatic N) is 1. The monoisotopic (exact) mass is 144 g/mol. The molecule has 1 aromatic heterocycles. The van der Waals surface area contributed by atoms with Crippen molar-refractivity contribution in [1.82, 2.24) is 5.16 Å². The lowest BCUT2D eigenvalue weighted by molar-refractivity contribution is 0.422. The molecule has 0 unspecified atom stereocenters. The van der Waals surface area contributed by atoms with Crippen molar-refractivity contribution in [2.24, 2.45) is 0 Å². The van der Waals surface area contributed by atoms with Crippen LogP contribution in [-0.2, 0) is 0 Å². The van der Waals surface area contributed by atoms with Crippen LogP contribution in [0.25, 0.3) is 0 Å². The maximum atomic E-state index is 8.46. The third-order valence-corrected chi connectivity index (χ3v) is 0.775. The first-order valence-corrected chi connectivity index (χ1v) is 2.60. The molecule has 0 aliphatic carbocycles. The van der Waals surface area contributed by atoms with E-state index in [1.165, 1.54) is 6.26 Å². The number of aliphatic hydroxyl groups excluding tert-OH is 1. The number of thiocarbonyl (C=S) groups is 1. The summed E-state index contributed by atoms with van der Waals surface area (Å²) in [6.45, 7) is 0. The van der Waals surface area contributed by atoms with Crippen molar-refractivity contribution in [3.05, 3.63) is 12.3 Å². The molecule has 0 spiro atoms. The number of nitrogens with one attached hydrogen (secondary N) is 1. The molecule has 4 nitrogen and oxygen atoms in total. The van der Waals surface area contributed by atoms with E-state index in [1.807, 2.05) is 0 Å². The van der Waals surface area contributed by atoms with Crippen molar-refractivity contribution < 1.29 is 9.63 Å². The molecular weight excluding hydrogens is 140 g/mol. The Hall–Kier alpha value is -1.10. The zero-order chi connectivity index (χ0) is 6.69. The molecule has 0 radical (unpaired) electrons. The minimum Gasteiger partial charge on any atom is -0.486 e. The Morgan fingerprint density at radius 1 is 1.89 bits per heavy atom. The summed E-state index contributed by atoms with van der Waals surface area (Å²) in [7, 11) is 0. The molecule has 5 heteroatoms. The van der Waals surface area contributed by atoms with Gasteiger partial charge in [0.15, 0.2) is 5.82 Å². The molecule has 1 heterocycles. The molecule has 1 aromatic rings. The Balaban J connectivity index is 2.58. The van der Waals surface area contributed by atoms with Gasteiger partial charge in [0.2, 0.25) is 0 Å². The Morgan fingerprint density at radius 3 is 3.11 bits per heavy atom. The molecule has 2 N–H and O–H groups in total. The first-order chi connectivity index (χ1) is 4.29. The SMILES string of the molecule is OC(=S)Nc1ccon1. The van der Waals surface area contributed by atoms with E-state index in [9.17, 15) is 0 Å². The van der Waals surface area contributed by atoms with Gasteiger partial charge in [-0.3, -0.25) is 5.32 Å². The van der Waals surface area contributed by atoms with Gasteiger partial charge in [-0.25, -0.2) is 0 Å². The highest BCUT2D eigenvalue weighted by atomic mass is 32.1. The molecule has 0 aliphatic rings. The molecule has 1 rings (SSSR count). The summed E-state index contributed by atoms with van der Waals surface area (Å²) >= 11 is 4.31. The van der Waals surface area contributed by atoms with Gasteiger partial charge in [0.25, 0.3) is 5.17 Å². The fourth-order valence-electron chi connectivity index (χ4n) is 0.387. The molecule has 0 aliphatic heterocycles. The third-order valence-electron chi connectivity index (χ3n) is 0.673. The molecule has 0 aromatic carbocycles. The summed E-state index contributed by atoms with van der Waals surface area (Å²) in [6, 6.07) is 1.54. The molecule has 0 bridgehead atoms. The van der Waals surface area contributed by atoms with E-state index in [1.54, 1.807) is 6.07 Å². The van der Waals surface area contributed by atoms with Crippen LogP contribution in [0.4, 0.5) is 5.82 Å². The second-order valence-corrected chi connectivity index (χ2v) is 1.70. The number of hydrogen-bond acceptors (Lipinski definition) is 3. The first-order valence-electron chi connectivity index (χ1n) is 2.19. The van der Waals surface area contributed by atoms with Gasteiger partial charge in [-0.15, -0.1) is 0 Å². The van der Waals surface area contributed by atoms with Gasteiger partial charge < -0.3 is 9.63 Å². The number of rotatable bonds is 1. The van der Waals surface area contributed by atoms with E-state index >= 15 is 0 Å². The van der Waals surface area contributed by atoms with Gasteiger partial charge in [-0.05, 0) is 12.2 Å². The molecule has 0 saturated carbocycles. The number of hydrogen-bond donors (Lipinski definition) is 2. The van der Waals surface area contributed by atoms with Crippen molar-refractivity contribution in [2.75, 3.05) is 5.32 Å². The van der Waals surface area contributed by atoms with Crippen LogP contribution < -0.4 is 5.32 Å². The molecular formula is C4H4N2O2S. The van der Waals surface area contributed by atoms with Gasteiger partial charge >= 0.3 is 0 Å². The largest absolute Gasteiger partial charge is 0.486 e. The summed E-state index contributed by atoms with van der Waals surface area (Å²) in [4.78, 5) is 0. The van der Waals surface area contributed by atoms with E-state index in [0.717, 1.165) is 0 Å². The second kappa shape index (κ2) is 2.45. The van der Waals surface area contributed by atoms with Crippen LogP contribution in [-0.4, -0.2) is 15.4 Å². The van der Waals surface area contributed by atoms with Crippen LogP contribution >= 0.6 is 12.2 Å². The first kappa shape index (κ1) is 6.03. The van der Waals surface area contributed by atoms with Gasteiger partial charge in [0.1, 0.15) is 6.26 Å². The third kappa shape index (κ3) is 1.69. The number of anilines is 1. The van der Waals surface area contributed by atoms with Gasteiger partial charge in [-0.1, -0.05) is 5.16 Å². The summed E-state index contributed by atoms with van der Waals surface area (Å²) in [5, 5.41) is 13.9. The van der Waals surface area contributed by atoms with Crippen LogP contribution in [0.3, 0.4) is 0 Å². The highest BCUT2D eigenvalue weighted by Gasteiger charge is 1.94. The van der Waals surface area contributed by atoms with Crippen molar-refractivity contribution >= 4 is 23.2 Å². The summed E-state index contributed by atoms with van der Waals surface area (Å²) in [5.74, 6) is 0.405. The summed E-state index contributed by atoms with van der Waals surface area (Å²) in [5.41, 5.74) is 0. The quantitative estimate of drug-likeness (QED) is 0.574. The molecule has 48 valence electrons. The fourth-order valence-corrected chi connectivity index (χ4v) is 0.491.